The highest BCUT2D eigenvalue weighted by molar-refractivity contribution is 6.61. The van der Waals surface area contributed by atoms with Crippen LogP contribution in [0.15, 0.2) is 0 Å². The maximum atomic E-state index is 10.6. The minimum Gasteiger partial charge on any atom is -0.475 e. The molecular formula is C6H5ClF6O6. The molecule has 0 atom stereocenters. The van der Waals surface area contributed by atoms with Crippen LogP contribution in [-0.2, 0) is 14.3 Å². The van der Waals surface area contributed by atoms with Gasteiger partial charge in [-0.3, -0.25) is 0 Å². The molecule has 13 heteroatoms. The monoisotopic (exact) mass is 322 g/mol. The Morgan fingerprint density at radius 1 is 0.895 bits per heavy atom. The zero-order valence-corrected chi connectivity index (χ0v) is 9.43. The van der Waals surface area contributed by atoms with Crippen LogP contribution in [0.3, 0.4) is 0 Å². The van der Waals surface area contributed by atoms with Gasteiger partial charge in [0.15, 0.2) is 0 Å². The molecule has 6 nitrogen and oxygen atoms in total. The fraction of sp³-hybridized carbons (Fsp3) is 0.500. The summed E-state index contributed by atoms with van der Waals surface area (Å²) in [5.41, 5.74) is -0.773. The van der Waals surface area contributed by atoms with Crippen molar-refractivity contribution in [2.45, 2.75) is 12.4 Å². The molecule has 0 rings (SSSR count). The van der Waals surface area contributed by atoms with Crippen LogP contribution in [-0.4, -0.2) is 47.0 Å². The molecule has 114 valence electrons. The third kappa shape index (κ3) is 22.0. The number of hydrogen-bond donors (Lipinski definition) is 2. The molecule has 2 N–H and O–H groups in total. The molecule has 0 fully saturated rings. The summed E-state index contributed by atoms with van der Waals surface area (Å²) in [4.78, 5) is 27.1. The third-order valence-electron chi connectivity index (χ3n) is 0.645. The summed E-state index contributed by atoms with van der Waals surface area (Å²) in [5, 5.41) is 14.2. The van der Waals surface area contributed by atoms with Crippen molar-refractivity contribution in [1.29, 1.82) is 0 Å². The Morgan fingerprint density at radius 2 is 1.00 bits per heavy atom. The van der Waals surface area contributed by atoms with E-state index >= 15 is 0 Å². The summed E-state index contributed by atoms with van der Waals surface area (Å²) in [7, 11) is 1.22. The van der Waals surface area contributed by atoms with E-state index in [0.29, 0.717) is 0 Å². The number of alkyl halides is 6. The van der Waals surface area contributed by atoms with Crippen LogP contribution in [0.1, 0.15) is 0 Å². The van der Waals surface area contributed by atoms with Crippen LogP contribution in [0.4, 0.5) is 31.1 Å². The van der Waals surface area contributed by atoms with Crippen molar-refractivity contribution in [2.75, 3.05) is 7.11 Å². The largest absolute Gasteiger partial charge is 0.490 e. The molecule has 0 aromatic carbocycles. The van der Waals surface area contributed by atoms with Gasteiger partial charge in [0.05, 0.1) is 7.11 Å². The predicted molar refractivity (Wildman–Crippen MR) is 45.6 cm³/mol. The van der Waals surface area contributed by atoms with Gasteiger partial charge in [0.25, 0.3) is 0 Å². The van der Waals surface area contributed by atoms with E-state index in [4.69, 9.17) is 19.8 Å². The quantitative estimate of drug-likeness (QED) is 0.524. The van der Waals surface area contributed by atoms with Crippen molar-refractivity contribution in [3.63, 3.8) is 0 Å². The minimum absolute atomic E-state index is 0.773. The number of hydrogen-bond acceptors (Lipinski definition) is 4. The van der Waals surface area contributed by atoms with Crippen molar-refractivity contribution in [3.05, 3.63) is 0 Å². The number of carboxylic acids is 2. The van der Waals surface area contributed by atoms with E-state index in [0.717, 1.165) is 0 Å². The second-order valence-corrected chi connectivity index (χ2v) is 2.36. The molecule has 0 amide bonds. The molecule has 0 saturated heterocycles. The van der Waals surface area contributed by atoms with Crippen LogP contribution >= 0.6 is 11.6 Å². The van der Waals surface area contributed by atoms with Crippen LogP contribution in [0, 0.1) is 0 Å². The van der Waals surface area contributed by atoms with E-state index in [9.17, 15) is 31.1 Å². The lowest BCUT2D eigenvalue weighted by Gasteiger charge is -1.93. The summed E-state index contributed by atoms with van der Waals surface area (Å²) in [6.45, 7) is 0. The Kier molecular flexibility index (Phi) is 10.9. The highest BCUT2D eigenvalue weighted by atomic mass is 35.5. The van der Waals surface area contributed by atoms with Gasteiger partial charge in [-0.05, 0) is 0 Å². The van der Waals surface area contributed by atoms with Crippen molar-refractivity contribution < 1.29 is 55.7 Å². The standard InChI is InChI=1S/C2H3ClO2.2C2HF3O2/c1-5-2(3)4;2*3-2(4,5)1(6)7/h1H3;2*(H,6,7). The van der Waals surface area contributed by atoms with Gasteiger partial charge in [0.1, 0.15) is 0 Å². The van der Waals surface area contributed by atoms with Crippen molar-refractivity contribution >= 4 is 29.0 Å². The fourth-order valence-electron chi connectivity index (χ4n) is 0. The van der Waals surface area contributed by atoms with Crippen LogP contribution in [0.25, 0.3) is 0 Å². The molecule has 0 bridgehead atoms. The van der Waals surface area contributed by atoms with E-state index < -0.39 is 29.7 Å². The number of carbonyl (C=O) groups is 3. The Labute approximate surface area is 105 Å². The molecule has 0 aromatic heterocycles. The van der Waals surface area contributed by atoms with E-state index in [1.54, 1.807) is 0 Å². The minimum atomic E-state index is -5.08. The summed E-state index contributed by atoms with van der Waals surface area (Å²) >= 11 is 4.60. The van der Waals surface area contributed by atoms with Gasteiger partial charge in [-0.25, -0.2) is 14.4 Å². The number of methoxy groups -OCH3 is 1. The summed E-state index contributed by atoms with van der Waals surface area (Å²) in [6, 6.07) is 0. The Balaban J connectivity index is -0.000000206. The van der Waals surface area contributed by atoms with Crippen LogP contribution < -0.4 is 0 Å². The molecule has 0 heterocycles. The molecule has 0 aliphatic carbocycles. The van der Waals surface area contributed by atoms with Gasteiger partial charge in [-0.15, -0.1) is 0 Å². The lowest BCUT2D eigenvalue weighted by molar-refractivity contribution is -0.193. The topological polar surface area (TPSA) is 101 Å². The second-order valence-electron chi connectivity index (χ2n) is 2.05. The molecule has 19 heavy (non-hydrogen) atoms. The predicted octanol–water partition coefficient (Wildman–Crippen LogP) is 2.26. The maximum Gasteiger partial charge on any atom is 0.490 e. The summed E-state index contributed by atoms with van der Waals surface area (Å²) in [6.07, 6.45) is -10.2. The van der Waals surface area contributed by atoms with E-state index in [2.05, 4.69) is 16.3 Å². The lowest BCUT2D eigenvalue weighted by Crippen LogP contribution is -2.21. The van der Waals surface area contributed by atoms with Crippen LogP contribution in [0.2, 0.25) is 0 Å². The molecule has 0 aliphatic heterocycles. The molecule has 0 radical (unpaired) electrons. The number of carboxylic acid groups (broad SMARTS) is 2. The zero-order chi connectivity index (χ0) is 16.4. The van der Waals surface area contributed by atoms with Crippen molar-refractivity contribution in [2.24, 2.45) is 0 Å². The molecule has 0 unspecified atom stereocenters. The average molecular weight is 323 g/mol. The fourth-order valence-corrected chi connectivity index (χ4v) is 0. The average Bonchev–Trinajstić information content (AvgIpc) is 2.16. The molecule has 0 saturated carbocycles. The first-order valence-electron chi connectivity index (χ1n) is 3.49. The summed E-state index contributed by atoms with van der Waals surface area (Å²) in [5.74, 6) is -5.51. The molecule has 0 aliphatic rings. The number of halogens is 7. The third-order valence-corrected chi connectivity index (χ3v) is 0.800. The Hall–Kier alpha value is -1.72. The van der Waals surface area contributed by atoms with Crippen LogP contribution in [0.5, 0.6) is 0 Å². The highest BCUT2D eigenvalue weighted by Gasteiger charge is 2.38. The number of ether oxygens (including phenoxy) is 1. The maximum absolute atomic E-state index is 10.6. The first-order chi connectivity index (χ1) is 8.16. The summed E-state index contributed by atoms with van der Waals surface area (Å²) < 4.78 is 67.3. The molecule has 0 aromatic rings. The highest BCUT2D eigenvalue weighted by Crippen LogP contribution is 2.13. The van der Waals surface area contributed by atoms with Gasteiger partial charge >= 0.3 is 29.7 Å². The lowest BCUT2D eigenvalue weighted by atomic mass is 10.7. The molecular weight excluding hydrogens is 318 g/mol. The normalized spacial score (nSPS) is 10.1. The first kappa shape index (κ1) is 22.5. The SMILES string of the molecule is COC(=O)Cl.O=C(O)C(F)(F)F.O=C(O)C(F)(F)F. The van der Waals surface area contributed by atoms with Gasteiger partial charge in [-0.1, -0.05) is 0 Å². The number of rotatable bonds is 0. The van der Waals surface area contributed by atoms with Gasteiger partial charge in [-0.2, -0.15) is 26.3 Å². The Morgan fingerprint density at radius 3 is 1.00 bits per heavy atom. The van der Waals surface area contributed by atoms with Gasteiger partial charge < -0.3 is 14.9 Å². The Bertz CT molecular complexity index is 286. The van der Waals surface area contributed by atoms with Crippen molar-refractivity contribution in [3.8, 4) is 0 Å². The smallest absolute Gasteiger partial charge is 0.475 e. The number of aliphatic carboxylic acids is 2. The van der Waals surface area contributed by atoms with E-state index in [-0.39, 0.29) is 0 Å². The second kappa shape index (κ2) is 9.24. The van der Waals surface area contributed by atoms with Crippen molar-refractivity contribution in [1.82, 2.24) is 0 Å². The first-order valence-corrected chi connectivity index (χ1v) is 3.87. The van der Waals surface area contributed by atoms with Gasteiger partial charge in [0, 0.05) is 11.6 Å². The van der Waals surface area contributed by atoms with E-state index in [1.807, 2.05) is 0 Å². The zero-order valence-electron chi connectivity index (χ0n) is 8.67. The van der Waals surface area contributed by atoms with Gasteiger partial charge in [0.2, 0.25) is 0 Å². The van der Waals surface area contributed by atoms with E-state index in [1.165, 1.54) is 7.11 Å². The number of carbonyl (C=O) groups excluding carboxylic acids is 1. The molecule has 0 spiro atoms.